The van der Waals surface area contributed by atoms with Crippen molar-refractivity contribution in [1.82, 2.24) is 15.5 Å². The maximum absolute atomic E-state index is 11.6. The summed E-state index contributed by atoms with van der Waals surface area (Å²) in [6.07, 6.45) is 1.66. The van der Waals surface area contributed by atoms with Crippen LogP contribution in [0.25, 0.3) is 0 Å². The fraction of sp³-hybridized carbons (Fsp3) is 0.471. The van der Waals surface area contributed by atoms with E-state index in [-0.39, 0.29) is 12.1 Å². The summed E-state index contributed by atoms with van der Waals surface area (Å²) < 4.78 is 0. The number of carbonyl (C=O) groups is 1. The highest BCUT2D eigenvalue weighted by Crippen LogP contribution is 2.20. The highest BCUT2D eigenvalue weighted by Gasteiger charge is 2.15. The van der Waals surface area contributed by atoms with Crippen LogP contribution in [0.15, 0.2) is 36.9 Å². The van der Waals surface area contributed by atoms with Crippen LogP contribution in [0.2, 0.25) is 0 Å². The summed E-state index contributed by atoms with van der Waals surface area (Å²) in [6.45, 7) is 10.4. The largest absolute Gasteiger partial charge is 0.369 e. The molecule has 0 aliphatic carbocycles. The number of likely N-dealkylation sites (N-methyl/N-ethyl adjacent to an activating group) is 1. The molecule has 1 aliphatic rings. The van der Waals surface area contributed by atoms with Crippen LogP contribution >= 0.6 is 0 Å². The molecule has 1 aromatic rings. The van der Waals surface area contributed by atoms with Gasteiger partial charge in [0.25, 0.3) is 0 Å². The second-order valence-electron chi connectivity index (χ2n) is 5.75. The SMILES string of the molecule is C=CCNC(=O)N[C@H](C)c1ccc(N2CCN(C)CC2)cc1. The number of rotatable bonds is 5. The van der Waals surface area contributed by atoms with Crippen molar-refractivity contribution in [2.24, 2.45) is 0 Å². The molecule has 5 nitrogen and oxygen atoms in total. The second-order valence-corrected chi connectivity index (χ2v) is 5.75. The zero-order valence-corrected chi connectivity index (χ0v) is 13.5. The van der Waals surface area contributed by atoms with Gasteiger partial charge in [0.15, 0.2) is 0 Å². The van der Waals surface area contributed by atoms with E-state index in [2.05, 4.69) is 58.3 Å². The van der Waals surface area contributed by atoms with E-state index in [4.69, 9.17) is 0 Å². The van der Waals surface area contributed by atoms with Gasteiger partial charge in [0.2, 0.25) is 0 Å². The number of anilines is 1. The Morgan fingerprint density at radius 1 is 1.27 bits per heavy atom. The Kier molecular flexibility index (Phi) is 5.83. The second kappa shape index (κ2) is 7.84. The van der Waals surface area contributed by atoms with Gasteiger partial charge in [0.1, 0.15) is 0 Å². The minimum atomic E-state index is -0.171. The predicted octanol–water partition coefficient (Wildman–Crippen LogP) is 1.98. The molecule has 0 aromatic heterocycles. The fourth-order valence-electron chi connectivity index (χ4n) is 2.53. The molecule has 5 heteroatoms. The Hall–Kier alpha value is -2.01. The van der Waals surface area contributed by atoms with Crippen molar-refractivity contribution in [3.8, 4) is 0 Å². The van der Waals surface area contributed by atoms with Gasteiger partial charge >= 0.3 is 6.03 Å². The molecule has 1 fully saturated rings. The smallest absolute Gasteiger partial charge is 0.315 e. The molecule has 120 valence electrons. The van der Waals surface area contributed by atoms with Crippen molar-refractivity contribution in [1.29, 1.82) is 0 Å². The molecule has 1 aliphatic heterocycles. The number of amides is 2. The van der Waals surface area contributed by atoms with Crippen LogP contribution in [-0.4, -0.2) is 50.7 Å². The molecule has 1 heterocycles. The molecular weight excluding hydrogens is 276 g/mol. The first-order chi connectivity index (χ1) is 10.6. The van der Waals surface area contributed by atoms with Crippen molar-refractivity contribution in [3.63, 3.8) is 0 Å². The third-order valence-corrected chi connectivity index (χ3v) is 4.02. The zero-order valence-electron chi connectivity index (χ0n) is 13.5. The van der Waals surface area contributed by atoms with Crippen LogP contribution in [-0.2, 0) is 0 Å². The number of nitrogens with zero attached hydrogens (tertiary/aromatic N) is 2. The summed E-state index contributed by atoms with van der Waals surface area (Å²) in [5.74, 6) is 0. The summed E-state index contributed by atoms with van der Waals surface area (Å²) in [5, 5.41) is 5.64. The lowest BCUT2D eigenvalue weighted by atomic mass is 10.1. The van der Waals surface area contributed by atoms with Gasteiger partial charge in [0.05, 0.1) is 6.04 Å². The van der Waals surface area contributed by atoms with Crippen LogP contribution in [0.4, 0.5) is 10.5 Å². The van der Waals surface area contributed by atoms with E-state index in [0.29, 0.717) is 6.54 Å². The van der Waals surface area contributed by atoms with E-state index < -0.39 is 0 Å². The third kappa shape index (κ3) is 4.49. The minimum absolute atomic E-state index is 0.0219. The fourth-order valence-corrected chi connectivity index (χ4v) is 2.53. The highest BCUT2D eigenvalue weighted by atomic mass is 16.2. The van der Waals surface area contributed by atoms with Crippen molar-refractivity contribution < 1.29 is 4.79 Å². The van der Waals surface area contributed by atoms with Gasteiger partial charge in [-0.3, -0.25) is 0 Å². The molecule has 1 atom stereocenters. The molecule has 0 radical (unpaired) electrons. The van der Waals surface area contributed by atoms with E-state index in [1.165, 1.54) is 5.69 Å². The molecule has 0 saturated carbocycles. The number of carbonyl (C=O) groups excluding carboxylic acids is 1. The summed E-state index contributed by atoms with van der Waals surface area (Å²) in [4.78, 5) is 16.4. The van der Waals surface area contributed by atoms with Crippen molar-refractivity contribution in [3.05, 3.63) is 42.5 Å². The lowest BCUT2D eigenvalue weighted by molar-refractivity contribution is 0.239. The molecule has 2 rings (SSSR count). The van der Waals surface area contributed by atoms with Gasteiger partial charge in [-0.25, -0.2) is 4.79 Å². The van der Waals surface area contributed by atoms with Gasteiger partial charge in [-0.2, -0.15) is 0 Å². The van der Waals surface area contributed by atoms with Gasteiger partial charge in [-0.15, -0.1) is 6.58 Å². The third-order valence-electron chi connectivity index (χ3n) is 4.02. The molecule has 0 spiro atoms. The molecule has 1 aromatic carbocycles. The van der Waals surface area contributed by atoms with E-state index >= 15 is 0 Å². The van der Waals surface area contributed by atoms with E-state index in [0.717, 1.165) is 31.7 Å². The maximum atomic E-state index is 11.6. The van der Waals surface area contributed by atoms with Gasteiger partial charge in [-0.1, -0.05) is 18.2 Å². The zero-order chi connectivity index (χ0) is 15.9. The van der Waals surface area contributed by atoms with E-state index in [1.54, 1.807) is 6.08 Å². The Balaban J connectivity index is 1.90. The normalized spacial score (nSPS) is 16.9. The van der Waals surface area contributed by atoms with Crippen molar-refractivity contribution in [2.45, 2.75) is 13.0 Å². The Labute approximate surface area is 133 Å². The summed E-state index contributed by atoms with van der Waals surface area (Å²) in [5.41, 5.74) is 2.35. The first-order valence-corrected chi connectivity index (χ1v) is 7.79. The standard InChI is InChI=1S/C17H26N4O/c1-4-9-18-17(22)19-14(2)15-5-7-16(8-6-15)21-12-10-20(3)11-13-21/h4-8,14H,1,9-13H2,2-3H3,(H2,18,19,22)/t14-/m1/s1. The van der Waals surface area contributed by atoms with Gasteiger partial charge < -0.3 is 20.4 Å². The molecular formula is C17H26N4O. The van der Waals surface area contributed by atoms with Crippen LogP contribution in [0.3, 0.4) is 0 Å². The summed E-state index contributed by atoms with van der Waals surface area (Å²) >= 11 is 0. The van der Waals surface area contributed by atoms with Crippen molar-refractivity contribution in [2.75, 3.05) is 44.7 Å². The lowest BCUT2D eigenvalue weighted by Crippen LogP contribution is -2.44. The number of benzene rings is 1. The average Bonchev–Trinajstić information content (AvgIpc) is 2.54. The number of urea groups is 1. The average molecular weight is 302 g/mol. The van der Waals surface area contributed by atoms with Gasteiger partial charge in [-0.05, 0) is 31.7 Å². The summed E-state index contributed by atoms with van der Waals surface area (Å²) in [7, 11) is 2.16. The lowest BCUT2D eigenvalue weighted by Gasteiger charge is -2.34. The number of hydrogen-bond donors (Lipinski definition) is 2. The maximum Gasteiger partial charge on any atom is 0.315 e. The molecule has 2 amide bonds. The van der Waals surface area contributed by atoms with Crippen LogP contribution in [0, 0.1) is 0 Å². The van der Waals surface area contributed by atoms with Crippen molar-refractivity contribution >= 4 is 11.7 Å². The van der Waals surface area contributed by atoms with Crippen LogP contribution in [0.1, 0.15) is 18.5 Å². The summed E-state index contributed by atoms with van der Waals surface area (Å²) in [6, 6.07) is 8.26. The minimum Gasteiger partial charge on any atom is -0.369 e. The van der Waals surface area contributed by atoms with Gasteiger partial charge in [0, 0.05) is 38.4 Å². The quantitative estimate of drug-likeness (QED) is 0.818. The monoisotopic (exact) mass is 302 g/mol. The Bertz CT molecular complexity index is 492. The van der Waals surface area contributed by atoms with Crippen LogP contribution in [0.5, 0.6) is 0 Å². The number of piperazine rings is 1. The van der Waals surface area contributed by atoms with E-state index in [9.17, 15) is 4.79 Å². The highest BCUT2D eigenvalue weighted by molar-refractivity contribution is 5.74. The Morgan fingerprint density at radius 2 is 1.91 bits per heavy atom. The number of nitrogens with one attached hydrogen (secondary N) is 2. The molecule has 0 unspecified atom stereocenters. The topological polar surface area (TPSA) is 47.6 Å². The molecule has 2 N–H and O–H groups in total. The van der Waals surface area contributed by atoms with E-state index in [1.807, 2.05) is 6.92 Å². The first kappa shape index (κ1) is 16.4. The number of hydrogen-bond acceptors (Lipinski definition) is 3. The Morgan fingerprint density at radius 3 is 2.50 bits per heavy atom. The molecule has 0 bridgehead atoms. The molecule has 22 heavy (non-hydrogen) atoms. The predicted molar refractivity (Wildman–Crippen MR) is 91.3 cm³/mol. The molecule has 1 saturated heterocycles. The van der Waals surface area contributed by atoms with Crippen LogP contribution < -0.4 is 15.5 Å². The first-order valence-electron chi connectivity index (χ1n) is 7.79.